The highest BCUT2D eigenvalue weighted by Crippen LogP contribution is 2.45. The Balaban J connectivity index is 1.30. The number of nitrogens with one attached hydrogen (secondary N) is 1. The van der Waals surface area contributed by atoms with Crippen molar-refractivity contribution in [3.05, 3.63) is 65.0 Å². The number of halogens is 1. The van der Waals surface area contributed by atoms with Crippen LogP contribution in [0.5, 0.6) is 0 Å². The fourth-order valence-corrected chi connectivity index (χ4v) is 8.08. The first kappa shape index (κ1) is 25.9. The molecule has 6 rings (SSSR count). The zero-order valence-corrected chi connectivity index (χ0v) is 23.5. The van der Waals surface area contributed by atoms with Gasteiger partial charge in [0, 0.05) is 31.2 Å². The highest BCUT2D eigenvalue weighted by atomic mass is 32.1. The molecule has 2 fully saturated rings. The van der Waals surface area contributed by atoms with Gasteiger partial charge in [-0.2, -0.15) is 0 Å². The summed E-state index contributed by atoms with van der Waals surface area (Å²) in [5.74, 6) is -0.398. The van der Waals surface area contributed by atoms with Gasteiger partial charge in [0.15, 0.2) is 5.13 Å². The summed E-state index contributed by atoms with van der Waals surface area (Å²) < 4.78 is 15.8. The van der Waals surface area contributed by atoms with Gasteiger partial charge in [-0.1, -0.05) is 35.6 Å². The largest absolute Gasteiger partial charge is 0.350 e. The second-order valence-electron chi connectivity index (χ2n) is 10.0. The lowest BCUT2D eigenvalue weighted by Crippen LogP contribution is -2.50. The fraction of sp³-hybridized carbons (Fsp3) is 0.379. The van der Waals surface area contributed by atoms with Gasteiger partial charge in [-0.15, -0.1) is 11.3 Å². The zero-order chi connectivity index (χ0) is 27.1. The number of piperidine rings is 1. The first-order chi connectivity index (χ1) is 19.0. The molecule has 0 spiro atoms. The third-order valence-electron chi connectivity index (χ3n) is 8.02. The highest BCUT2D eigenvalue weighted by molar-refractivity contribution is 7.19. The molecule has 3 heterocycles. The van der Waals surface area contributed by atoms with Gasteiger partial charge < -0.3 is 15.1 Å². The van der Waals surface area contributed by atoms with E-state index in [4.69, 9.17) is 4.98 Å². The molecule has 1 N–H and O–H groups in total. The number of carbonyl (C=O) groups is 2. The van der Waals surface area contributed by atoms with Gasteiger partial charge in [-0.05, 0) is 57.2 Å². The Bertz CT molecular complexity index is 1530. The van der Waals surface area contributed by atoms with Crippen LogP contribution in [0.3, 0.4) is 0 Å². The number of nitrogens with zero attached hydrogens (tertiary/aromatic N) is 4. The summed E-state index contributed by atoms with van der Waals surface area (Å²) in [5.41, 5.74) is 3.83. The molecule has 4 aromatic rings. The Kier molecular flexibility index (Phi) is 7.07. The van der Waals surface area contributed by atoms with Crippen LogP contribution in [0, 0.1) is 11.7 Å². The number of carbonyl (C=O) groups excluding carboxylic acids is 2. The minimum absolute atomic E-state index is 0.0985. The Morgan fingerprint density at radius 2 is 1.95 bits per heavy atom. The maximum atomic E-state index is 14.9. The van der Waals surface area contributed by atoms with E-state index < -0.39 is 0 Å². The van der Waals surface area contributed by atoms with E-state index in [2.05, 4.69) is 15.2 Å². The molecule has 0 unspecified atom stereocenters. The van der Waals surface area contributed by atoms with Crippen molar-refractivity contribution in [1.82, 2.24) is 20.2 Å². The lowest BCUT2D eigenvalue weighted by molar-refractivity contribution is 0.0578. The lowest BCUT2D eigenvalue weighted by atomic mass is 9.98. The van der Waals surface area contributed by atoms with Crippen molar-refractivity contribution in [3.8, 4) is 10.4 Å². The number of anilines is 1. The molecule has 2 amide bonds. The highest BCUT2D eigenvalue weighted by Gasteiger charge is 2.49. The van der Waals surface area contributed by atoms with Gasteiger partial charge in [-0.25, -0.2) is 14.4 Å². The fourth-order valence-electron chi connectivity index (χ4n) is 6.06. The quantitative estimate of drug-likeness (QED) is 0.292. The van der Waals surface area contributed by atoms with Crippen LogP contribution >= 0.6 is 22.7 Å². The van der Waals surface area contributed by atoms with Crippen LogP contribution in [0.1, 0.15) is 54.0 Å². The summed E-state index contributed by atoms with van der Waals surface area (Å²) >= 11 is 2.81. The number of aromatic nitrogens is 2. The summed E-state index contributed by atoms with van der Waals surface area (Å²) in [7, 11) is 0. The minimum Gasteiger partial charge on any atom is -0.350 e. The predicted octanol–water partition coefficient (Wildman–Crippen LogP) is 5.83. The number of benzene rings is 2. The van der Waals surface area contributed by atoms with Crippen molar-refractivity contribution in [1.29, 1.82) is 0 Å². The van der Waals surface area contributed by atoms with Crippen molar-refractivity contribution in [2.45, 2.75) is 45.2 Å². The van der Waals surface area contributed by atoms with Crippen LogP contribution in [-0.2, 0) is 0 Å². The van der Waals surface area contributed by atoms with Crippen LogP contribution in [0.25, 0.3) is 20.7 Å². The molecular formula is C29H30FN5O2S2. The smallest absolute Gasteiger partial charge is 0.274 e. The molecule has 7 nitrogen and oxygen atoms in total. The summed E-state index contributed by atoms with van der Waals surface area (Å²) in [6.07, 6.45) is 2.88. The molecule has 1 saturated heterocycles. The number of rotatable bonds is 8. The Labute approximate surface area is 234 Å². The van der Waals surface area contributed by atoms with Crippen molar-refractivity contribution < 1.29 is 14.0 Å². The molecule has 10 heteroatoms. The van der Waals surface area contributed by atoms with Crippen LogP contribution in [0.4, 0.5) is 9.52 Å². The molecule has 1 aliphatic carbocycles. The molecular weight excluding hydrogens is 533 g/mol. The second-order valence-corrected chi connectivity index (χ2v) is 11.9. The van der Waals surface area contributed by atoms with E-state index in [-0.39, 0.29) is 29.7 Å². The van der Waals surface area contributed by atoms with Crippen LogP contribution in [-0.4, -0.2) is 58.4 Å². The van der Waals surface area contributed by atoms with E-state index in [0.717, 1.165) is 42.6 Å². The Hall–Kier alpha value is -3.37. The average Bonchev–Trinajstić information content (AvgIpc) is 3.75. The standard InChI is InChI=1S/C29H30FN5O2S2/c1-3-34(4-2)29-33-24(26(39-29)19-8-5-6-10-21(19)30)28(37)35-18-13-12-17(14-18)23(35)15-31-27(36)20-9-7-11-22-25(20)38-16-32-22/h5-11,16-18,23H,3-4,12-15H2,1-2H3,(H,31,36)/t17-,18+,23+/m1/s1. The monoisotopic (exact) mass is 563 g/mol. The molecule has 3 atom stereocenters. The molecule has 2 aromatic heterocycles. The van der Waals surface area contributed by atoms with Crippen LogP contribution in [0.15, 0.2) is 48.0 Å². The molecule has 2 aliphatic rings. The Morgan fingerprint density at radius 3 is 2.74 bits per heavy atom. The van der Waals surface area contributed by atoms with E-state index in [9.17, 15) is 14.0 Å². The van der Waals surface area contributed by atoms with Crippen molar-refractivity contribution in [2.24, 2.45) is 5.92 Å². The number of amides is 2. The molecule has 2 bridgehead atoms. The number of hydrogen-bond donors (Lipinski definition) is 1. The number of hydrogen-bond acceptors (Lipinski definition) is 7. The normalized spacial score (nSPS) is 20.1. The SMILES string of the molecule is CCN(CC)c1nc(C(=O)N2[C@H]3CC[C@H](C3)[C@@H]2CNC(=O)c2cccc3ncsc23)c(-c2ccccc2F)s1. The molecule has 1 saturated carbocycles. The molecule has 39 heavy (non-hydrogen) atoms. The zero-order valence-electron chi connectivity index (χ0n) is 21.9. The number of thiazole rings is 2. The van der Waals surface area contributed by atoms with E-state index in [1.54, 1.807) is 23.7 Å². The molecule has 202 valence electrons. The first-order valence-electron chi connectivity index (χ1n) is 13.4. The topological polar surface area (TPSA) is 78.4 Å². The molecule has 2 aromatic carbocycles. The van der Waals surface area contributed by atoms with Gasteiger partial charge >= 0.3 is 0 Å². The van der Waals surface area contributed by atoms with Gasteiger partial charge in [0.25, 0.3) is 11.8 Å². The summed E-state index contributed by atoms with van der Waals surface area (Å²) in [4.78, 5) is 41.1. The van der Waals surface area contributed by atoms with Crippen LogP contribution < -0.4 is 10.2 Å². The van der Waals surface area contributed by atoms with Gasteiger partial charge in [-0.3, -0.25) is 9.59 Å². The van der Waals surface area contributed by atoms with E-state index in [1.807, 2.05) is 36.9 Å². The maximum Gasteiger partial charge on any atom is 0.274 e. The van der Waals surface area contributed by atoms with E-state index >= 15 is 0 Å². The van der Waals surface area contributed by atoms with E-state index in [1.165, 1.54) is 28.7 Å². The third kappa shape index (κ3) is 4.59. The molecule has 1 aliphatic heterocycles. The lowest BCUT2D eigenvalue weighted by Gasteiger charge is -2.35. The number of likely N-dealkylation sites (tertiary alicyclic amines) is 1. The van der Waals surface area contributed by atoms with Gasteiger partial charge in [0.2, 0.25) is 0 Å². The van der Waals surface area contributed by atoms with Gasteiger partial charge in [0.1, 0.15) is 11.5 Å². The maximum absolute atomic E-state index is 14.9. The van der Waals surface area contributed by atoms with Crippen molar-refractivity contribution >= 4 is 49.8 Å². The summed E-state index contributed by atoms with van der Waals surface area (Å²) in [6, 6.07) is 12.1. The average molecular weight is 564 g/mol. The van der Waals surface area contributed by atoms with Crippen molar-refractivity contribution in [3.63, 3.8) is 0 Å². The van der Waals surface area contributed by atoms with Crippen molar-refractivity contribution in [2.75, 3.05) is 24.5 Å². The van der Waals surface area contributed by atoms with Crippen LogP contribution in [0.2, 0.25) is 0 Å². The Morgan fingerprint density at radius 1 is 1.13 bits per heavy atom. The predicted molar refractivity (Wildman–Crippen MR) is 154 cm³/mol. The first-order valence-corrected chi connectivity index (χ1v) is 15.1. The minimum atomic E-state index is -0.370. The van der Waals surface area contributed by atoms with Gasteiger partial charge in [0.05, 0.1) is 32.2 Å². The third-order valence-corrected chi connectivity index (χ3v) is 10.0. The summed E-state index contributed by atoms with van der Waals surface area (Å²) in [6.45, 7) is 5.93. The van der Waals surface area contributed by atoms with E-state index in [0.29, 0.717) is 39.3 Å². The second kappa shape index (κ2) is 10.7. The number of fused-ring (bicyclic) bond motifs is 3. The molecule has 0 radical (unpaired) electrons. The summed E-state index contributed by atoms with van der Waals surface area (Å²) in [5, 5.41) is 3.82.